The van der Waals surface area contributed by atoms with Crippen molar-refractivity contribution in [2.45, 2.75) is 12.7 Å². The normalized spacial score (nSPS) is 12.1. The Morgan fingerprint density at radius 1 is 1.21 bits per heavy atom. The van der Waals surface area contributed by atoms with Crippen LogP contribution in [0.1, 0.15) is 11.3 Å². The molecule has 152 valence electrons. The summed E-state index contributed by atoms with van der Waals surface area (Å²) in [4.78, 5) is 0. The highest BCUT2D eigenvalue weighted by Gasteiger charge is 2.30. The highest BCUT2D eigenvalue weighted by molar-refractivity contribution is 7.88. The van der Waals surface area contributed by atoms with Crippen LogP contribution in [0, 0.1) is 12.3 Å². The smallest absolute Gasteiger partial charge is 0.416 e. The topological polar surface area (TPSA) is 73.2 Å². The van der Waals surface area contributed by atoms with E-state index in [-0.39, 0.29) is 13.2 Å². The molecule has 1 N–H and O–H groups in total. The average molecular weight is 423 g/mol. The number of sulfonamides is 1. The van der Waals surface area contributed by atoms with E-state index in [2.05, 4.69) is 15.7 Å². The summed E-state index contributed by atoms with van der Waals surface area (Å²) in [5.41, 5.74) is 0.576. The van der Waals surface area contributed by atoms with Gasteiger partial charge in [0.1, 0.15) is 12.4 Å². The molecule has 2 aromatic carbocycles. The first-order valence-electron chi connectivity index (χ1n) is 8.29. The van der Waals surface area contributed by atoms with E-state index in [4.69, 9.17) is 11.2 Å². The molecule has 0 aliphatic rings. The fourth-order valence-corrected chi connectivity index (χ4v) is 3.09. The second-order valence-electron chi connectivity index (χ2n) is 6.17. The predicted molar refractivity (Wildman–Crippen MR) is 102 cm³/mol. The third kappa shape index (κ3) is 4.88. The van der Waals surface area contributed by atoms with Crippen molar-refractivity contribution in [2.24, 2.45) is 0 Å². The zero-order chi connectivity index (χ0) is 21.2. The van der Waals surface area contributed by atoms with Crippen LogP contribution in [0.15, 0.2) is 42.5 Å². The lowest BCUT2D eigenvalue weighted by atomic mass is 10.2. The van der Waals surface area contributed by atoms with Gasteiger partial charge in [0.25, 0.3) is 0 Å². The van der Waals surface area contributed by atoms with Gasteiger partial charge in [-0.2, -0.15) is 18.3 Å². The molecule has 3 rings (SSSR count). The van der Waals surface area contributed by atoms with E-state index < -0.39 is 21.8 Å². The minimum absolute atomic E-state index is 0.0511. The first-order chi connectivity index (χ1) is 13.6. The van der Waals surface area contributed by atoms with Crippen molar-refractivity contribution in [2.75, 3.05) is 12.9 Å². The summed E-state index contributed by atoms with van der Waals surface area (Å²) >= 11 is 0. The van der Waals surface area contributed by atoms with Gasteiger partial charge in [-0.25, -0.2) is 17.8 Å². The lowest BCUT2D eigenvalue weighted by molar-refractivity contribution is -0.137. The maximum atomic E-state index is 12.8. The molecule has 10 heteroatoms. The Labute approximate surface area is 165 Å². The number of hydrogen-bond acceptors (Lipinski definition) is 4. The highest BCUT2D eigenvalue weighted by Crippen LogP contribution is 2.31. The Morgan fingerprint density at radius 3 is 2.48 bits per heavy atom. The SMILES string of the molecule is C#CCOc1ccc2c(c1)c(CNS(C)(=O)=O)nn2-c1ccc(C(F)(F)F)cc1. The van der Waals surface area contributed by atoms with E-state index in [1.54, 1.807) is 18.2 Å². The number of alkyl halides is 3. The minimum atomic E-state index is -4.45. The summed E-state index contributed by atoms with van der Waals surface area (Å²) in [5.74, 6) is 2.81. The molecule has 0 bridgehead atoms. The summed E-state index contributed by atoms with van der Waals surface area (Å²) in [6.45, 7) is -0.0446. The standard InChI is InChI=1S/C19H16F3N3O3S/c1-3-10-28-15-8-9-18-16(11-15)17(12-23-29(2,26)27)24-25(18)14-6-4-13(5-7-14)19(20,21)22/h1,4-9,11,23H,10,12H2,2H3. The molecule has 6 nitrogen and oxygen atoms in total. The van der Waals surface area contributed by atoms with E-state index in [0.717, 1.165) is 18.4 Å². The van der Waals surface area contributed by atoms with E-state index in [0.29, 0.717) is 28.0 Å². The highest BCUT2D eigenvalue weighted by atomic mass is 32.2. The summed E-state index contributed by atoms with van der Waals surface area (Å²) < 4.78 is 70.6. The van der Waals surface area contributed by atoms with Crippen molar-refractivity contribution in [1.29, 1.82) is 0 Å². The molecule has 29 heavy (non-hydrogen) atoms. The number of hydrogen-bond donors (Lipinski definition) is 1. The van der Waals surface area contributed by atoms with Gasteiger partial charge in [0.2, 0.25) is 10.0 Å². The minimum Gasteiger partial charge on any atom is -0.481 e. The molecule has 1 aromatic heterocycles. The summed E-state index contributed by atoms with van der Waals surface area (Å²) in [5, 5.41) is 4.97. The number of terminal acetylenes is 1. The Balaban J connectivity index is 2.08. The summed E-state index contributed by atoms with van der Waals surface area (Å²) in [6.07, 6.45) is 1.76. The molecule has 0 spiro atoms. The fraction of sp³-hybridized carbons (Fsp3) is 0.211. The van der Waals surface area contributed by atoms with Crippen LogP contribution in [0.25, 0.3) is 16.6 Å². The van der Waals surface area contributed by atoms with Crippen molar-refractivity contribution in [3.63, 3.8) is 0 Å². The maximum absolute atomic E-state index is 12.8. The van der Waals surface area contributed by atoms with E-state index in [1.165, 1.54) is 16.8 Å². The third-order valence-corrected chi connectivity index (χ3v) is 4.66. The summed E-state index contributed by atoms with van der Waals surface area (Å²) in [7, 11) is -3.47. The number of ether oxygens (including phenoxy) is 1. The van der Waals surface area contributed by atoms with Gasteiger partial charge in [-0.1, -0.05) is 5.92 Å². The van der Waals surface area contributed by atoms with Crippen molar-refractivity contribution >= 4 is 20.9 Å². The molecule has 0 saturated carbocycles. The Hall–Kier alpha value is -3.03. The number of rotatable bonds is 6. The van der Waals surface area contributed by atoms with Crippen molar-refractivity contribution in [1.82, 2.24) is 14.5 Å². The van der Waals surface area contributed by atoms with E-state index in [1.807, 2.05) is 0 Å². The second-order valence-corrected chi connectivity index (χ2v) is 8.00. The number of aromatic nitrogens is 2. The molecular weight excluding hydrogens is 407 g/mol. The van der Waals surface area contributed by atoms with Gasteiger partial charge < -0.3 is 4.74 Å². The number of nitrogens with zero attached hydrogens (tertiary/aromatic N) is 2. The molecule has 3 aromatic rings. The van der Waals surface area contributed by atoms with Crippen LogP contribution in [0.2, 0.25) is 0 Å². The fourth-order valence-electron chi connectivity index (χ4n) is 2.69. The van der Waals surface area contributed by atoms with Crippen molar-refractivity contribution in [3.8, 4) is 23.8 Å². The van der Waals surface area contributed by atoms with Gasteiger partial charge in [0, 0.05) is 5.39 Å². The Kier molecular flexibility index (Phi) is 5.55. The van der Waals surface area contributed by atoms with Crippen LogP contribution in [0.5, 0.6) is 5.75 Å². The quantitative estimate of drug-likeness (QED) is 0.619. The molecule has 0 aliphatic heterocycles. The van der Waals surface area contributed by atoms with Crippen LogP contribution in [-0.4, -0.2) is 31.1 Å². The van der Waals surface area contributed by atoms with Crippen LogP contribution in [0.4, 0.5) is 13.2 Å². The molecule has 0 saturated heterocycles. The second kappa shape index (κ2) is 7.77. The molecule has 0 atom stereocenters. The monoisotopic (exact) mass is 423 g/mol. The maximum Gasteiger partial charge on any atom is 0.416 e. The molecular formula is C19H16F3N3O3S. The first-order valence-corrected chi connectivity index (χ1v) is 10.2. The van der Waals surface area contributed by atoms with Gasteiger partial charge in [0.05, 0.1) is 35.3 Å². The number of fused-ring (bicyclic) bond motifs is 1. The van der Waals surface area contributed by atoms with Crippen LogP contribution < -0.4 is 9.46 Å². The van der Waals surface area contributed by atoms with Gasteiger partial charge in [-0.3, -0.25) is 0 Å². The van der Waals surface area contributed by atoms with Crippen LogP contribution in [0.3, 0.4) is 0 Å². The zero-order valence-electron chi connectivity index (χ0n) is 15.2. The van der Waals surface area contributed by atoms with E-state index in [9.17, 15) is 21.6 Å². The molecule has 0 aliphatic carbocycles. The number of nitrogens with one attached hydrogen (secondary N) is 1. The largest absolute Gasteiger partial charge is 0.481 e. The van der Waals surface area contributed by atoms with Crippen LogP contribution >= 0.6 is 0 Å². The predicted octanol–water partition coefficient (Wildman–Crippen LogP) is 3.11. The van der Waals surface area contributed by atoms with Crippen molar-refractivity contribution in [3.05, 3.63) is 53.7 Å². The van der Waals surface area contributed by atoms with Gasteiger partial charge in [0.15, 0.2) is 0 Å². The first kappa shape index (κ1) is 20.7. The van der Waals surface area contributed by atoms with Crippen molar-refractivity contribution < 1.29 is 26.3 Å². The molecule has 0 radical (unpaired) electrons. The van der Waals surface area contributed by atoms with Crippen LogP contribution in [-0.2, 0) is 22.7 Å². The Bertz CT molecular complexity index is 1180. The van der Waals surface area contributed by atoms with Gasteiger partial charge in [-0.05, 0) is 42.5 Å². The molecule has 0 unspecified atom stereocenters. The Morgan fingerprint density at radius 2 is 1.90 bits per heavy atom. The average Bonchev–Trinajstić information content (AvgIpc) is 3.01. The molecule has 0 fully saturated rings. The lowest BCUT2D eigenvalue weighted by Crippen LogP contribution is -2.21. The summed E-state index contributed by atoms with van der Waals surface area (Å²) in [6, 6.07) is 9.49. The van der Waals surface area contributed by atoms with E-state index >= 15 is 0 Å². The lowest BCUT2D eigenvalue weighted by Gasteiger charge is -2.08. The number of halogens is 3. The third-order valence-electron chi connectivity index (χ3n) is 3.99. The van der Waals surface area contributed by atoms with Gasteiger partial charge >= 0.3 is 6.18 Å². The molecule has 1 heterocycles. The van der Waals surface area contributed by atoms with Gasteiger partial charge in [-0.15, -0.1) is 6.42 Å². The molecule has 0 amide bonds. The number of benzene rings is 2. The zero-order valence-corrected chi connectivity index (χ0v) is 16.0.